The first-order valence-corrected chi connectivity index (χ1v) is 12.2. The van der Waals surface area contributed by atoms with Gasteiger partial charge >= 0.3 is 6.18 Å². The molecule has 0 bridgehead atoms. The molecule has 3 rings (SSSR count). The number of nitrogens with zero attached hydrogens (tertiary/aromatic N) is 2. The Labute approximate surface area is 196 Å². The summed E-state index contributed by atoms with van der Waals surface area (Å²) in [6.07, 6.45) is -1.94. The number of amides is 2. The normalized spacial score (nSPS) is 16.7. The maximum atomic E-state index is 13.0. The van der Waals surface area contributed by atoms with Crippen molar-refractivity contribution in [3.8, 4) is 0 Å². The van der Waals surface area contributed by atoms with Gasteiger partial charge in [0, 0.05) is 51.4 Å². The van der Waals surface area contributed by atoms with Crippen LogP contribution >= 0.6 is 0 Å². The van der Waals surface area contributed by atoms with Crippen LogP contribution in [-0.4, -0.2) is 54.3 Å². The molecular formula is C22H27F3N4O4S. The van der Waals surface area contributed by atoms with Gasteiger partial charge in [-0.15, -0.1) is 0 Å². The molecule has 1 atom stereocenters. The zero-order valence-electron chi connectivity index (χ0n) is 18.8. The average Bonchev–Trinajstić information content (AvgIpc) is 3.17. The summed E-state index contributed by atoms with van der Waals surface area (Å²) < 4.78 is 67.6. The monoisotopic (exact) mass is 500 g/mol. The van der Waals surface area contributed by atoms with Gasteiger partial charge in [0.2, 0.25) is 21.8 Å². The van der Waals surface area contributed by atoms with Crippen LogP contribution in [0.4, 0.5) is 13.2 Å². The minimum absolute atomic E-state index is 0.0478. The van der Waals surface area contributed by atoms with E-state index in [-0.39, 0.29) is 37.4 Å². The van der Waals surface area contributed by atoms with Gasteiger partial charge in [0.1, 0.15) is 6.04 Å². The van der Waals surface area contributed by atoms with Crippen molar-refractivity contribution in [3.05, 3.63) is 53.9 Å². The van der Waals surface area contributed by atoms with Crippen LogP contribution in [0.5, 0.6) is 0 Å². The maximum absolute atomic E-state index is 13.0. The lowest BCUT2D eigenvalue weighted by atomic mass is 10.0. The summed E-state index contributed by atoms with van der Waals surface area (Å²) in [5.41, 5.74) is -0.172. The third-order valence-electron chi connectivity index (χ3n) is 5.76. The number of halogens is 3. The fourth-order valence-corrected chi connectivity index (χ4v) is 5.41. The minimum Gasteiger partial charge on any atom is -0.354 e. The SMILES string of the molecule is CC(=O)NC(Cc1cccn1C)C(=O)NC1CCN(S(=O)(=O)c2cccc(C(F)(F)F)c2)CC1. The van der Waals surface area contributed by atoms with Crippen LogP contribution in [0.3, 0.4) is 0 Å². The zero-order chi connectivity index (χ0) is 25.1. The Morgan fingerprint density at radius 3 is 2.38 bits per heavy atom. The molecule has 12 heteroatoms. The molecule has 0 saturated carbocycles. The van der Waals surface area contributed by atoms with Gasteiger partial charge < -0.3 is 15.2 Å². The number of alkyl halides is 3. The maximum Gasteiger partial charge on any atom is 0.416 e. The summed E-state index contributed by atoms with van der Waals surface area (Å²) >= 11 is 0. The molecule has 2 aromatic rings. The molecule has 0 aliphatic carbocycles. The Bertz CT molecular complexity index is 1140. The van der Waals surface area contributed by atoms with E-state index in [1.165, 1.54) is 6.92 Å². The van der Waals surface area contributed by atoms with Crippen molar-refractivity contribution in [2.45, 2.75) is 49.3 Å². The number of aromatic nitrogens is 1. The number of sulfonamides is 1. The first kappa shape index (κ1) is 25.8. The molecule has 2 amide bonds. The van der Waals surface area contributed by atoms with Gasteiger partial charge in [0.05, 0.1) is 10.5 Å². The summed E-state index contributed by atoms with van der Waals surface area (Å²) in [7, 11) is -2.28. The molecule has 1 aromatic heterocycles. The van der Waals surface area contributed by atoms with Crippen LogP contribution in [0, 0.1) is 0 Å². The number of nitrogens with one attached hydrogen (secondary N) is 2. The summed E-state index contributed by atoms with van der Waals surface area (Å²) in [6.45, 7) is 1.42. The fourth-order valence-electron chi connectivity index (χ4n) is 3.90. The Morgan fingerprint density at radius 1 is 1.15 bits per heavy atom. The Hall–Kier alpha value is -2.86. The molecule has 186 valence electrons. The van der Waals surface area contributed by atoms with Crippen molar-refractivity contribution in [2.24, 2.45) is 7.05 Å². The fraction of sp³-hybridized carbons (Fsp3) is 0.455. The van der Waals surface area contributed by atoms with Gasteiger partial charge in [-0.2, -0.15) is 17.5 Å². The van der Waals surface area contributed by atoms with Crippen molar-refractivity contribution in [3.63, 3.8) is 0 Å². The predicted molar refractivity (Wildman–Crippen MR) is 118 cm³/mol. The van der Waals surface area contributed by atoms with Crippen molar-refractivity contribution in [1.29, 1.82) is 0 Å². The van der Waals surface area contributed by atoms with E-state index in [2.05, 4.69) is 10.6 Å². The number of hydrogen-bond acceptors (Lipinski definition) is 4. The second kappa shape index (κ2) is 10.2. The van der Waals surface area contributed by atoms with E-state index in [4.69, 9.17) is 0 Å². The van der Waals surface area contributed by atoms with E-state index in [1.807, 2.05) is 29.9 Å². The van der Waals surface area contributed by atoms with Gasteiger partial charge in [-0.3, -0.25) is 9.59 Å². The molecule has 2 N–H and O–H groups in total. The number of aryl methyl sites for hydroxylation is 1. The highest BCUT2D eigenvalue weighted by molar-refractivity contribution is 7.89. The Morgan fingerprint density at radius 2 is 1.82 bits per heavy atom. The molecule has 1 aliphatic heterocycles. The first-order chi connectivity index (χ1) is 15.9. The van der Waals surface area contributed by atoms with Crippen LogP contribution < -0.4 is 10.6 Å². The molecule has 8 nitrogen and oxygen atoms in total. The van der Waals surface area contributed by atoms with Crippen LogP contribution in [0.1, 0.15) is 31.0 Å². The van der Waals surface area contributed by atoms with Crippen LogP contribution in [-0.2, 0) is 39.3 Å². The number of benzene rings is 1. The molecule has 1 aromatic carbocycles. The Balaban J connectivity index is 1.63. The average molecular weight is 501 g/mol. The highest BCUT2D eigenvalue weighted by Gasteiger charge is 2.35. The first-order valence-electron chi connectivity index (χ1n) is 10.7. The van der Waals surface area contributed by atoms with Crippen LogP contribution in [0.15, 0.2) is 47.5 Å². The van der Waals surface area contributed by atoms with Gasteiger partial charge in [0.25, 0.3) is 0 Å². The molecule has 1 saturated heterocycles. The topological polar surface area (TPSA) is 101 Å². The molecule has 1 unspecified atom stereocenters. The standard InChI is InChI=1S/C22H27F3N4O4S/c1-15(30)26-20(14-18-6-4-10-28(18)2)21(31)27-17-8-11-29(12-9-17)34(32,33)19-7-3-5-16(13-19)22(23,24)25/h3-7,10,13,17,20H,8-9,11-12,14H2,1-2H3,(H,26,30)(H,27,31). The minimum atomic E-state index is -4.65. The molecule has 1 fully saturated rings. The quantitative estimate of drug-likeness (QED) is 0.608. The summed E-state index contributed by atoms with van der Waals surface area (Å²) in [5, 5.41) is 5.51. The molecular weight excluding hydrogens is 473 g/mol. The smallest absolute Gasteiger partial charge is 0.354 e. The second-order valence-electron chi connectivity index (χ2n) is 8.28. The third kappa shape index (κ3) is 6.17. The number of piperidine rings is 1. The number of hydrogen-bond donors (Lipinski definition) is 2. The lowest BCUT2D eigenvalue weighted by Crippen LogP contribution is -2.53. The molecule has 2 heterocycles. The lowest BCUT2D eigenvalue weighted by molar-refractivity contribution is -0.137. The summed E-state index contributed by atoms with van der Waals surface area (Å²) in [6, 6.07) is 6.21. The third-order valence-corrected chi connectivity index (χ3v) is 7.65. The lowest BCUT2D eigenvalue weighted by Gasteiger charge is -2.32. The largest absolute Gasteiger partial charge is 0.416 e. The number of rotatable bonds is 7. The summed E-state index contributed by atoms with van der Waals surface area (Å²) in [4.78, 5) is 24.0. The Kier molecular flexibility index (Phi) is 7.71. The van der Waals surface area contributed by atoms with E-state index in [1.54, 1.807) is 0 Å². The van der Waals surface area contributed by atoms with Gasteiger partial charge in [-0.25, -0.2) is 8.42 Å². The molecule has 0 radical (unpaired) electrons. The zero-order valence-corrected chi connectivity index (χ0v) is 19.6. The predicted octanol–water partition coefficient (Wildman–Crippen LogP) is 2.06. The van der Waals surface area contributed by atoms with Gasteiger partial charge in [-0.05, 0) is 43.2 Å². The van der Waals surface area contributed by atoms with Crippen molar-refractivity contribution >= 4 is 21.8 Å². The molecule has 34 heavy (non-hydrogen) atoms. The highest BCUT2D eigenvalue weighted by Crippen LogP contribution is 2.31. The van der Waals surface area contributed by atoms with E-state index in [0.29, 0.717) is 18.9 Å². The number of carbonyl (C=O) groups excluding carboxylic acids is 2. The molecule has 1 aliphatic rings. The van der Waals surface area contributed by atoms with Crippen molar-refractivity contribution in [1.82, 2.24) is 19.5 Å². The van der Waals surface area contributed by atoms with Crippen LogP contribution in [0.2, 0.25) is 0 Å². The van der Waals surface area contributed by atoms with E-state index in [9.17, 15) is 31.2 Å². The molecule has 0 spiro atoms. The van der Waals surface area contributed by atoms with E-state index >= 15 is 0 Å². The van der Waals surface area contributed by atoms with Crippen molar-refractivity contribution in [2.75, 3.05) is 13.1 Å². The van der Waals surface area contributed by atoms with Gasteiger partial charge in [-0.1, -0.05) is 6.07 Å². The van der Waals surface area contributed by atoms with Crippen molar-refractivity contribution < 1.29 is 31.2 Å². The number of carbonyl (C=O) groups is 2. The second-order valence-corrected chi connectivity index (χ2v) is 10.2. The summed E-state index contributed by atoms with van der Waals surface area (Å²) in [5.74, 6) is -0.730. The van der Waals surface area contributed by atoms with E-state index in [0.717, 1.165) is 28.2 Å². The highest BCUT2D eigenvalue weighted by atomic mass is 32.2. The van der Waals surface area contributed by atoms with Crippen LogP contribution in [0.25, 0.3) is 0 Å². The van der Waals surface area contributed by atoms with E-state index < -0.39 is 32.7 Å². The van der Waals surface area contributed by atoms with Gasteiger partial charge in [0.15, 0.2) is 0 Å².